The molecule has 2 rings (SSSR count). The van der Waals surface area contributed by atoms with Gasteiger partial charge in [-0.15, -0.1) is 11.8 Å². The summed E-state index contributed by atoms with van der Waals surface area (Å²) in [4.78, 5) is 0. The number of hydrogen-bond donors (Lipinski definition) is 1. The van der Waals surface area contributed by atoms with Crippen molar-refractivity contribution in [3.63, 3.8) is 0 Å². The van der Waals surface area contributed by atoms with Crippen LogP contribution in [0.5, 0.6) is 0 Å². The summed E-state index contributed by atoms with van der Waals surface area (Å²) in [5, 5.41) is 1.03. The molecule has 0 bridgehead atoms. The summed E-state index contributed by atoms with van der Waals surface area (Å²) in [6.45, 7) is 3.95. The molecule has 106 valence electrons. The summed E-state index contributed by atoms with van der Waals surface area (Å²) in [7, 11) is 0. The Labute approximate surface area is 128 Å². The van der Waals surface area contributed by atoms with Crippen LogP contribution in [0.2, 0.25) is 0 Å². The molecule has 1 aromatic carbocycles. The molecule has 1 aliphatic heterocycles. The molecule has 0 aromatic heterocycles. The van der Waals surface area contributed by atoms with Crippen LogP contribution in [0, 0.1) is 0 Å². The molecule has 0 aliphatic carbocycles. The number of ether oxygens (including phenoxy) is 1. The van der Waals surface area contributed by atoms with Gasteiger partial charge >= 0.3 is 0 Å². The average Bonchev–Trinajstić information content (AvgIpc) is 2.46. The largest absolute Gasteiger partial charge is 0.381 e. The minimum atomic E-state index is 0.201. The molecule has 1 saturated heterocycles. The molecule has 1 aliphatic rings. The van der Waals surface area contributed by atoms with E-state index in [1.54, 1.807) is 0 Å². The van der Waals surface area contributed by atoms with Gasteiger partial charge in [0.15, 0.2) is 0 Å². The lowest BCUT2D eigenvalue weighted by Gasteiger charge is -2.30. The van der Waals surface area contributed by atoms with Crippen LogP contribution in [-0.4, -0.2) is 24.5 Å². The van der Waals surface area contributed by atoms with Crippen LogP contribution >= 0.6 is 27.7 Å². The highest BCUT2D eigenvalue weighted by molar-refractivity contribution is 9.10. The van der Waals surface area contributed by atoms with E-state index in [9.17, 15) is 0 Å². The summed E-state index contributed by atoms with van der Waals surface area (Å²) in [6, 6.07) is 8.65. The van der Waals surface area contributed by atoms with Gasteiger partial charge in [-0.25, -0.2) is 0 Å². The molecule has 0 saturated carbocycles. The Morgan fingerprint density at radius 1 is 1.37 bits per heavy atom. The van der Waals surface area contributed by atoms with Gasteiger partial charge in [0.2, 0.25) is 0 Å². The van der Waals surface area contributed by atoms with Crippen LogP contribution in [-0.2, 0) is 4.74 Å². The zero-order valence-corrected chi connectivity index (χ0v) is 13.8. The fourth-order valence-electron chi connectivity index (χ4n) is 2.34. The molecule has 1 fully saturated rings. The van der Waals surface area contributed by atoms with Crippen molar-refractivity contribution >= 4 is 27.7 Å². The Balaban J connectivity index is 2.13. The van der Waals surface area contributed by atoms with E-state index in [1.807, 2.05) is 11.8 Å². The zero-order chi connectivity index (χ0) is 13.7. The lowest BCUT2D eigenvalue weighted by Crippen LogP contribution is -2.29. The van der Waals surface area contributed by atoms with Crippen LogP contribution in [0.15, 0.2) is 28.7 Å². The number of thioether (sulfide) groups is 1. The van der Waals surface area contributed by atoms with Crippen LogP contribution < -0.4 is 5.73 Å². The van der Waals surface area contributed by atoms with E-state index in [2.05, 4.69) is 47.1 Å². The lowest BCUT2D eigenvalue weighted by molar-refractivity contribution is 0.0999. The van der Waals surface area contributed by atoms with Gasteiger partial charge in [-0.2, -0.15) is 0 Å². The first kappa shape index (κ1) is 15.4. The van der Waals surface area contributed by atoms with Gasteiger partial charge < -0.3 is 10.5 Å². The van der Waals surface area contributed by atoms with Gasteiger partial charge in [0.1, 0.15) is 0 Å². The molecule has 0 spiro atoms. The van der Waals surface area contributed by atoms with Gasteiger partial charge in [-0.1, -0.05) is 41.1 Å². The summed E-state index contributed by atoms with van der Waals surface area (Å²) < 4.78 is 6.61. The third-order valence-electron chi connectivity index (χ3n) is 3.58. The lowest BCUT2D eigenvalue weighted by atomic mass is 10.0. The fourth-order valence-corrected chi connectivity index (χ4v) is 4.65. The summed E-state index contributed by atoms with van der Waals surface area (Å²) >= 11 is 5.70. The normalized spacial score (nSPS) is 20.2. The van der Waals surface area contributed by atoms with Crippen molar-refractivity contribution in [3.8, 4) is 0 Å². The maximum Gasteiger partial charge on any atom is 0.0476 e. The molecular formula is C15H22BrNOS. The SMILES string of the molecule is CCC(N)C(SC1CCOCC1)c1ccccc1Br. The van der Waals surface area contributed by atoms with Gasteiger partial charge in [-0.3, -0.25) is 0 Å². The van der Waals surface area contributed by atoms with E-state index in [-0.39, 0.29) is 6.04 Å². The van der Waals surface area contributed by atoms with E-state index in [4.69, 9.17) is 10.5 Å². The second-order valence-corrected chi connectivity index (χ2v) is 7.26. The first-order valence-corrected chi connectivity index (χ1v) is 8.69. The van der Waals surface area contributed by atoms with Gasteiger partial charge in [-0.05, 0) is 30.9 Å². The van der Waals surface area contributed by atoms with Crippen molar-refractivity contribution < 1.29 is 4.74 Å². The highest BCUT2D eigenvalue weighted by atomic mass is 79.9. The highest BCUT2D eigenvalue weighted by Gasteiger charge is 2.26. The first-order valence-electron chi connectivity index (χ1n) is 6.95. The van der Waals surface area contributed by atoms with Crippen LogP contribution in [0.3, 0.4) is 0 Å². The van der Waals surface area contributed by atoms with Crippen molar-refractivity contribution in [3.05, 3.63) is 34.3 Å². The van der Waals surface area contributed by atoms with Crippen molar-refractivity contribution in [2.75, 3.05) is 13.2 Å². The standard InChI is InChI=1S/C15H22BrNOS/c1-2-14(17)15(12-5-3-4-6-13(12)16)19-11-7-9-18-10-8-11/h3-6,11,14-15H,2,7-10,17H2,1H3. The molecule has 0 radical (unpaired) electrons. The van der Waals surface area contributed by atoms with Gasteiger partial charge in [0.05, 0.1) is 0 Å². The minimum Gasteiger partial charge on any atom is -0.381 e. The number of hydrogen-bond acceptors (Lipinski definition) is 3. The highest BCUT2D eigenvalue weighted by Crippen LogP contribution is 2.41. The molecular weight excluding hydrogens is 322 g/mol. The first-order chi connectivity index (χ1) is 9.22. The van der Waals surface area contributed by atoms with Crippen molar-refractivity contribution in [2.24, 2.45) is 5.73 Å². The van der Waals surface area contributed by atoms with Crippen molar-refractivity contribution in [1.29, 1.82) is 0 Å². The van der Waals surface area contributed by atoms with E-state index in [0.29, 0.717) is 10.5 Å². The van der Waals surface area contributed by atoms with Crippen LogP contribution in [0.1, 0.15) is 37.0 Å². The number of benzene rings is 1. The second kappa shape index (κ2) is 7.67. The predicted octanol–water partition coefficient (Wildman–Crippen LogP) is 4.14. The molecule has 2 unspecified atom stereocenters. The van der Waals surface area contributed by atoms with Crippen molar-refractivity contribution in [1.82, 2.24) is 0 Å². The third-order valence-corrected chi connectivity index (χ3v) is 6.05. The van der Waals surface area contributed by atoms with E-state index in [1.165, 1.54) is 10.0 Å². The molecule has 2 nitrogen and oxygen atoms in total. The average molecular weight is 344 g/mol. The Morgan fingerprint density at radius 3 is 2.68 bits per heavy atom. The molecule has 2 N–H and O–H groups in total. The predicted molar refractivity (Wildman–Crippen MR) is 86.6 cm³/mol. The summed E-state index contributed by atoms with van der Waals surface area (Å²) in [5.74, 6) is 0. The van der Waals surface area contributed by atoms with Gasteiger partial charge in [0, 0.05) is 34.2 Å². The number of nitrogens with two attached hydrogens (primary N) is 1. The van der Waals surface area contributed by atoms with E-state index >= 15 is 0 Å². The number of rotatable bonds is 5. The van der Waals surface area contributed by atoms with Gasteiger partial charge in [0.25, 0.3) is 0 Å². The van der Waals surface area contributed by atoms with Crippen LogP contribution in [0.4, 0.5) is 0 Å². The van der Waals surface area contributed by atoms with E-state index < -0.39 is 0 Å². The Bertz CT molecular complexity index is 395. The molecule has 4 heteroatoms. The van der Waals surface area contributed by atoms with E-state index in [0.717, 1.165) is 32.5 Å². The quantitative estimate of drug-likeness (QED) is 0.872. The second-order valence-electron chi connectivity index (χ2n) is 4.96. The summed E-state index contributed by atoms with van der Waals surface area (Å²) in [5.41, 5.74) is 7.69. The van der Waals surface area contributed by atoms with Crippen molar-refractivity contribution in [2.45, 2.75) is 42.7 Å². The molecule has 1 aromatic rings. The Morgan fingerprint density at radius 2 is 2.05 bits per heavy atom. The van der Waals surface area contributed by atoms with Crippen LogP contribution in [0.25, 0.3) is 0 Å². The molecule has 19 heavy (non-hydrogen) atoms. The fraction of sp³-hybridized carbons (Fsp3) is 0.600. The molecule has 0 amide bonds. The maximum atomic E-state index is 6.36. The monoisotopic (exact) mass is 343 g/mol. The summed E-state index contributed by atoms with van der Waals surface area (Å²) in [6.07, 6.45) is 3.28. The molecule has 1 heterocycles. The Hall–Kier alpha value is -0.0300. The maximum absolute atomic E-state index is 6.36. The zero-order valence-electron chi connectivity index (χ0n) is 11.3. The third kappa shape index (κ3) is 4.22. The Kier molecular flexibility index (Phi) is 6.20. The molecule has 2 atom stereocenters. The minimum absolute atomic E-state index is 0.201. The number of halogens is 1. The topological polar surface area (TPSA) is 35.2 Å². The smallest absolute Gasteiger partial charge is 0.0476 e.